The van der Waals surface area contributed by atoms with Crippen LogP contribution in [0.4, 0.5) is 0 Å². The molecule has 2 heterocycles. The van der Waals surface area contributed by atoms with Gasteiger partial charge in [0.25, 0.3) is 0 Å². The first-order valence-corrected chi connectivity index (χ1v) is 9.09. The number of pyridine rings is 1. The smallest absolute Gasteiger partial charge is 0.231 e. The van der Waals surface area contributed by atoms with Crippen molar-refractivity contribution in [3.8, 4) is 23.0 Å². The van der Waals surface area contributed by atoms with Crippen LogP contribution in [-0.2, 0) is 6.54 Å². The minimum Gasteiger partial charge on any atom is -1.00 e. The second-order valence-electron chi connectivity index (χ2n) is 6.79. The van der Waals surface area contributed by atoms with E-state index in [9.17, 15) is 5.11 Å². The molecule has 5 nitrogen and oxygen atoms in total. The van der Waals surface area contributed by atoms with Crippen LogP contribution < -0.4 is 31.2 Å². The van der Waals surface area contributed by atoms with Crippen molar-refractivity contribution in [2.24, 2.45) is 0 Å². The number of hydrogen-bond acceptors (Lipinski definition) is 4. The van der Waals surface area contributed by atoms with Gasteiger partial charge in [0.1, 0.15) is 6.54 Å². The van der Waals surface area contributed by atoms with E-state index in [1.54, 1.807) is 7.11 Å². The van der Waals surface area contributed by atoms with Gasteiger partial charge in [-0.2, -0.15) is 4.57 Å². The predicted octanol–water partition coefficient (Wildman–Crippen LogP) is 1.29. The molecule has 144 valence electrons. The van der Waals surface area contributed by atoms with Crippen molar-refractivity contribution in [1.82, 2.24) is 0 Å². The van der Waals surface area contributed by atoms with E-state index < -0.39 is 0 Å². The SMILES string of the molecule is CCC[n+]1cc2c(O)c(OC)ccc2c2ccc3cc4c(cc3c21)OCO4.[Cl-]. The first-order valence-electron chi connectivity index (χ1n) is 9.09. The summed E-state index contributed by atoms with van der Waals surface area (Å²) in [5.41, 5.74) is 1.13. The summed E-state index contributed by atoms with van der Waals surface area (Å²) in [5, 5.41) is 15.8. The molecular weight excluding hydrogens is 378 g/mol. The maximum atomic E-state index is 10.7. The van der Waals surface area contributed by atoms with Crippen LogP contribution in [0.25, 0.3) is 32.4 Å². The summed E-state index contributed by atoms with van der Waals surface area (Å²) in [5.74, 6) is 2.21. The Morgan fingerprint density at radius 3 is 2.50 bits per heavy atom. The lowest BCUT2D eigenvalue weighted by Crippen LogP contribution is -3.00. The lowest BCUT2D eigenvalue weighted by molar-refractivity contribution is -0.669. The number of nitrogens with zero attached hydrogens (tertiary/aromatic N) is 1. The molecule has 0 atom stereocenters. The van der Waals surface area contributed by atoms with Gasteiger partial charge in [0.05, 0.1) is 23.3 Å². The fourth-order valence-electron chi connectivity index (χ4n) is 3.98. The third kappa shape index (κ3) is 2.58. The van der Waals surface area contributed by atoms with Gasteiger partial charge in [0.15, 0.2) is 29.2 Å². The van der Waals surface area contributed by atoms with Crippen LogP contribution in [0.2, 0.25) is 0 Å². The van der Waals surface area contributed by atoms with Gasteiger partial charge in [-0.15, -0.1) is 0 Å². The second kappa shape index (κ2) is 6.91. The molecule has 5 rings (SSSR count). The highest BCUT2D eigenvalue weighted by atomic mass is 35.5. The van der Waals surface area contributed by atoms with E-state index in [4.69, 9.17) is 14.2 Å². The molecule has 1 aromatic heterocycles. The zero-order chi connectivity index (χ0) is 18.5. The normalized spacial score (nSPS) is 12.5. The molecule has 0 saturated heterocycles. The summed E-state index contributed by atoms with van der Waals surface area (Å²) in [6.07, 6.45) is 3.00. The summed E-state index contributed by atoms with van der Waals surface area (Å²) < 4.78 is 18.6. The number of rotatable bonds is 3. The molecule has 0 saturated carbocycles. The molecule has 3 aromatic carbocycles. The molecule has 0 radical (unpaired) electrons. The molecule has 28 heavy (non-hydrogen) atoms. The van der Waals surface area contributed by atoms with Crippen LogP contribution in [0.5, 0.6) is 23.0 Å². The number of fused-ring (bicyclic) bond motifs is 6. The van der Waals surface area contributed by atoms with Gasteiger partial charge >= 0.3 is 0 Å². The molecule has 0 amide bonds. The molecule has 0 spiro atoms. The van der Waals surface area contributed by atoms with E-state index in [1.807, 2.05) is 24.4 Å². The lowest BCUT2D eigenvalue weighted by Gasteiger charge is -2.11. The van der Waals surface area contributed by atoms with Crippen molar-refractivity contribution in [2.75, 3.05) is 13.9 Å². The van der Waals surface area contributed by atoms with Gasteiger partial charge in [0.2, 0.25) is 12.3 Å². The Labute approximate surface area is 168 Å². The third-order valence-electron chi connectivity index (χ3n) is 5.21. The first-order chi connectivity index (χ1) is 13.2. The Morgan fingerprint density at radius 2 is 1.75 bits per heavy atom. The topological polar surface area (TPSA) is 51.8 Å². The predicted molar refractivity (Wildman–Crippen MR) is 104 cm³/mol. The Kier molecular flexibility index (Phi) is 4.55. The van der Waals surface area contributed by atoms with Crippen LogP contribution in [0, 0.1) is 0 Å². The molecule has 0 fully saturated rings. The summed E-state index contributed by atoms with van der Waals surface area (Å²) in [7, 11) is 1.57. The molecule has 0 aliphatic carbocycles. The number of benzene rings is 3. The minimum absolute atomic E-state index is 0. The molecule has 1 aliphatic rings. The number of ether oxygens (including phenoxy) is 3. The molecule has 0 unspecified atom stereocenters. The molecular formula is C22H20ClNO4. The number of methoxy groups -OCH3 is 1. The maximum absolute atomic E-state index is 10.7. The fraction of sp³-hybridized carbons (Fsp3) is 0.227. The average Bonchev–Trinajstić information content (AvgIpc) is 3.14. The zero-order valence-corrected chi connectivity index (χ0v) is 16.4. The highest BCUT2D eigenvalue weighted by Crippen LogP contribution is 2.41. The van der Waals surface area contributed by atoms with Gasteiger partial charge in [-0.1, -0.05) is 13.0 Å². The van der Waals surface area contributed by atoms with E-state index >= 15 is 0 Å². The van der Waals surface area contributed by atoms with Gasteiger partial charge in [-0.05, 0) is 35.7 Å². The quantitative estimate of drug-likeness (QED) is 0.418. The van der Waals surface area contributed by atoms with Gasteiger partial charge in [-0.25, -0.2) is 0 Å². The maximum Gasteiger partial charge on any atom is 0.231 e. The first kappa shape index (κ1) is 18.4. The van der Waals surface area contributed by atoms with E-state index in [1.165, 1.54) is 0 Å². The zero-order valence-electron chi connectivity index (χ0n) is 15.7. The van der Waals surface area contributed by atoms with Crippen molar-refractivity contribution in [3.05, 3.63) is 42.6 Å². The summed E-state index contributed by atoms with van der Waals surface area (Å²) in [6.45, 7) is 3.25. The molecule has 6 heteroatoms. The Hall–Kier alpha value is -2.92. The van der Waals surface area contributed by atoms with Crippen molar-refractivity contribution < 1.29 is 36.3 Å². The number of phenolic OH excluding ortho intramolecular Hbond substituents is 1. The van der Waals surface area contributed by atoms with Gasteiger partial charge in [-0.3, -0.25) is 0 Å². The van der Waals surface area contributed by atoms with Crippen LogP contribution in [-0.4, -0.2) is 19.0 Å². The Morgan fingerprint density at radius 1 is 1.00 bits per heavy atom. The van der Waals surface area contributed by atoms with Crippen LogP contribution in [0.15, 0.2) is 42.6 Å². The number of aromatic hydroxyl groups is 1. The molecule has 4 aromatic rings. The number of halogens is 1. The van der Waals surface area contributed by atoms with E-state index in [0.717, 1.165) is 56.9 Å². The van der Waals surface area contributed by atoms with Crippen molar-refractivity contribution in [3.63, 3.8) is 0 Å². The highest BCUT2D eigenvalue weighted by molar-refractivity contribution is 6.15. The second-order valence-corrected chi connectivity index (χ2v) is 6.79. The van der Waals surface area contributed by atoms with Gasteiger partial charge < -0.3 is 31.7 Å². The standard InChI is InChI=1S/C22H19NO4.ClH/c1-3-8-23-11-17-14(6-7-18(25-2)22(17)24)15-5-4-13-9-19-20(27-12-26-19)10-16(13)21(15)23;/h4-7,9-11H,3,8,12H2,1-2H3;1H. The number of aryl methyl sites for hydroxylation is 1. The van der Waals surface area contributed by atoms with Gasteiger partial charge in [0, 0.05) is 11.8 Å². The Bertz CT molecular complexity index is 1220. The molecule has 0 bridgehead atoms. The number of hydrogen-bond donors (Lipinski definition) is 1. The van der Waals surface area contributed by atoms with Crippen molar-refractivity contribution >= 4 is 32.4 Å². The Balaban J connectivity index is 0.00000192. The van der Waals surface area contributed by atoms with E-state index in [2.05, 4.69) is 29.7 Å². The fourth-order valence-corrected chi connectivity index (χ4v) is 3.98. The highest BCUT2D eigenvalue weighted by Gasteiger charge is 2.22. The molecule has 1 aliphatic heterocycles. The summed E-state index contributed by atoms with van der Waals surface area (Å²) in [6, 6.07) is 12.1. The molecule has 1 N–H and O–H groups in total. The lowest BCUT2D eigenvalue weighted by atomic mass is 10.00. The van der Waals surface area contributed by atoms with Crippen molar-refractivity contribution in [1.29, 1.82) is 0 Å². The minimum atomic E-state index is 0. The number of aromatic nitrogens is 1. The monoisotopic (exact) mass is 397 g/mol. The largest absolute Gasteiger partial charge is 1.00 e. The summed E-state index contributed by atoms with van der Waals surface area (Å²) >= 11 is 0. The van der Waals surface area contributed by atoms with Crippen LogP contribution in [0.3, 0.4) is 0 Å². The third-order valence-corrected chi connectivity index (χ3v) is 5.21. The summed E-state index contributed by atoms with van der Waals surface area (Å²) in [4.78, 5) is 0. The average molecular weight is 398 g/mol. The van der Waals surface area contributed by atoms with Crippen LogP contribution >= 0.6 is 0 Å². The number of phenols is 1. The van der Waals surface area contributed by atoms with Crippen molar-refractivity contribution in [2.45, 2.75) is 19.9 Å². The van der Waals surface area contributed by atoms with Crippen LogP contribution in [0.1, 0.15) is 13.3 Å². The van der Waals surface area contributed by atoms with E-state index in [0.29, 0.717) is 5.75 Å². The van der Waals surface area contributed by atoms with E-state index in [-0.39, 0.29) is 24.9 Å².